The Morgan fingerprint density at radius 2 is 1.88 bits per heavy atom. The number of ketones is 1. The number of carbonyl (C=O) groups is 1. The maximum atomic E-state index is 12.3. The molecule has 1 aromatic rings. The predicted molar refractivity (Wildman–Crippen MR) is 54.7 cm³/mol. The molecule has 2 nitrogen and oxygen atoms in total. The van der Waals surface area contributed by atoms with Crippen LogP contribution in [0.5, 0.6) is 0 Å². The fraction of sp³-hybridized carbons (Fsp3) is 0.300. The summed E-state index contributed by atoms with van der Waals surface area (Å²) < 4.78 is 37.0. The van der Waals surface area contributed by atoms with Crippen LogP contribution >= 0.6 is 12.4 Å². The van der Waals surface area contributed by atoms with E-state index < -0.39 is 11.7 Å². The second-order valence-corrected chi connectivity index (χ2v) is 3.40. The van der Waals surface area contributed by atoms with Crippen molar-refractivity contribution in [2.45, 2.75) is 12.7 Å². The van der Waals surface area contributed by atoms with Crippen LogP contribution < -0.4 is 5.32 Å². The van der Waals surface area contributed by atoms with Crippen molar-refractivity contribution >= 4 is 18.2 Å². The molecule has 0 fully saturated rings. The first kappa shape index (κ1) is 13.0. The molecule has 1 aliphatic rings. The molecule has 0 amide bonds. The smallest absolute Gasteiger partial charge is 0.306 e. The Hall–Kier alpha value is -1.07. The molecule has 6 heteroatoms. The number of rotatable bonds is 0. The molecule has 0 bridgehead atoms. The molecule has 1 aromatic carbocycles. The molecule has 2 rings (SSSR count). The van der Waals surface area contributed by atoms with Crippen molar-refractivity contribution in [2.75, 3.05) is 6.54 Å². The first-order valence-corrected chi connectivity index (χ1v) is 4.42. The van der Waals surface area contributed by atoms with Gasteiger partial charge in [-0.05, 0) is 17.7 Å². The molecule has 0 saturated heterocycles. The van der Waals surface area contributed by atoms with Gasteiger partial charge in [0.1, 0.15) is 0 Å². The van der Waals surface area contributed by atoms with Gasteiger partial charge in [-0.15, -0.1) is 12.4 Å². The van der Waals surface area contributed by atoms with Crippen LogP contribution in [-0.4, -0.2) is 12.3 Å². The lowest BCUT2D eigenvalue weighted by Gasteiger charge is -2.17. The molecule has 0 atom stereocenters. The van der Waals surface area contributed by atoms with Crippen molar-refractivity contribution in [3.63, 3.8) is 0 Å². The van der Waals surface area contributed by atoms with Crippen molar-refractivity contribution in [3.8, 4) is 0 Å². The largest absolute Gasteiger partial charge is 0.416 e. The van der Waals surface area contributed by atoms with Crippen LogP contribution in [0.4, 0.5) is 13.2 Å². The summed E-state index contributed by atoms with van der Waals surface area (Å²) in [6.45, 7) is 0.503. The van der Waals surface area contributed by atoms with Gasteiger partial charge in [0.15, 0.2) is 5.78 Å². The van der Waals surface area contributed by atoms with Gasteiger partial charge < -0.3 is 5.32 Å². The number of hydrogen-bond acceptors (Lipinski definition) is 2. The predicted octanol–water partition coefficient (Wildman–Crippen LogP) is 2.41. The third kappa shape index (κ3) is 2.36. The highest BCUT2D eigenvalue weighted by Crippen LogP contribution is 2.31. The zero-order valence-corrected chi connectivity index (χ0v) is 8.91. The lowest BCUT2D eigenvalue weighted by Crippen LogP contribution is -2.30. The van der Waals surface area contributed by atoms with Crippen LogP contribution in [0.3, 0.4) is 0 Å². The Labute approximate surface area is 96.2 Å². The zero-order valence-electron chi connectivity index (χ0n) is 8.10. The summed E-state index contributed by atoms with van der Waals surface area (Å²) in [5, 5.41) is 2.75. The van der Waals surface area contributed by atoms with Crippen LogP contribution in [-0.2, 0) is 12.7 Å². The number of alkyl halides is 3. The standard InChI is InChI=1S/C10H8F3NO.ClH/c11-10(12,13)7-1-2-8-6(3-7)4-14-5-9(8)15;/h1-3,14H,4-5H2;1H. The minimum atomic E-state index is -4.35. The number of hydrogen-bond donors (Lipinski definition) is 1. The average molecular weight is 252 g/mol. The number of carbonyl (C=O) groups excluding carboxylic acids is 1. The van der Waals surface area contributed by atoms with Gasteiger partial charge in [-0.2, -0.15) is 13.2 Å². The molecule has 0 spiro atoms. The van der Waals surface area contributed by atoms with Gasteiger partial charge in [-0.25, -0.2) is 0 Å². The minimum Gasteiger partial charge on any atom is -0.306 e. The zero-order chi connectivity index (χ0) is 11.1. The molecule has 88 valence electrons. The van der Waals surface area contributed by atoms with Gasteiger partial charge in [0.25, 0.3) is 0 Å². The molecule has 0 radical (unpaired) electrons. The second-order valence-electron chi connectivity index (χ2n) is 3.40. The van der Waals surface area contributed by atoms with E-state index >= 15 is 0 Å². The van der Waals surface area contributed by atoms with Gasteiger partial charge in [0.05, 0.1) is 12.1 Å². The number of halogens is 4. The maximum Gasteiger partial charge on any atom is 0.416 e. The average Bonchev–Trinajstić information content (AvgIpc) is 2.16. The van der Waals surface area contributed by atoms with Crippen molar-refractivity contribution < 1.29 is 18.0 Å². The van der Waals surface area contributed by atoms with E-state index in [0.717, 1.165) is 12.1 Å². The third-order valence-corrected chi connectivity index (χ3v) is 2.33. The number of fused-ring (bicyclic) bond motifs is 1. The van der Waals surface area contributed by atoms with Crippen molar-refractivity contribution in [1.82, 2.24) is 5.32 Å². The minimum absolute atomic E-state index is 0. The molecule has 1 aliphatic heterocycles. The van der Waals surface area contributed by atoms with Gasteiger partial charge >= 0.3 is 6.18 Å². The first-order chi connectivity index (χ1) is 6.98. The molecule has 0 aliphatic carbocycles. The van der Waals surface area contributed by atoms with Crippen LogP contribution in [0, 0.1) is 0 Å². The SMILES string of the molecule is Cl.O=C1CNCc2cc(C(F)(F)F)ccc21. The summed E-state index contributed by atoms with van der Waals surface area (Å²) in [7, 11) is 0. The lowest BCUT2D eigenvalue weighted by atomic mass is 9.97. The Balaban J connectivity index is 0.00000128. The lowest BCUT2D eigenvalue weighted by molar-refractivity contribution is -0.137. The monoisotopic (exact) mass is 251 g/mol. The highest BCUT2D eigenvalue weighted by Gasteiger charge is 2.31. The number of nitrogens with one attached hydrogen (secondary N) is 1. The Kier molecular flexibility index (Phi) is 3.60. The number of Topliss-reactive ketones (excluding diaryl/α,β-unsaturated/α-hetero) is 1. The normalized spacial score (nSPS) is 15.3. The molecular formula is C10H9ClF3NO. The first-order valence-electron chi connectivity index (χ1n) is 4.42. The molecular weight excluding hydrogens is 243 g/mol. The van der Waals surface area contributed by atoms with E-state index in [1.807, 2.05) is 0 Å². The van der Waals surface area contributed by atoms with Gasteiger partial charge in [-0.3, -0.25) is 4.79 Å². The van der Waals surface area contributed by atoms with Crippen LogP contribution in [0.15, 0.2) is 18.2 Å². The summed E-state index contributed by atoms with van der Waals surface area (Å²) in [5.41, 5.74) is 0.0978. The molecule has 0 aromatic heterocycles. The fourth-order valence-corrected chi connectivity index (χ4v) is 1.59. The summed E-state index contributed by atoms with van der Waals surface area (Å²) in [6.07, 6.45) is -4.35. The summed E-state index contributed by atoms with van der Waals surface area (Å²) in [4.78, 5) is 11.3. The molecule has 1 N–H and O–H groups in total. The van der Waals surface area contributed by atoms with Gasteiger partial charge in [0.2, 0.25) is 0 Å². The van der Waals surface area contributed by atoms with Crippen LogP contribution in [0.2, 0.25) is 0 Å². The highest BCUT2D eigenvalue weighted by molar-refractivity contribution is 5.99. The van der Waals surface area contributed by atoms with Crippen molar-refractivity contribution in [1.29, 1.82) is 0 Å². The van der Waals surface area contributed by atoms with Crippen molar-refractivity contribution in [2.24, 2.45) is 0 Å². The number of benzene rings is 1. The topological polar surface area (TPSA) is 29.1 Å². The van der Waals surface area contributed by atoms with E-state index in [4.69, 9.17) is 0 Å². The summed E-state index contributed by atoms with van der Waals surface area (Å²) in [5.74, 6) is -0.162. The van der Waals surface area contributed by atoms with Crippen LogP contribution in [0.1, 0.15) is 21.5 Å². The van der Waals surface area contributed by atoms with E-state index in [1.54, 1.807) is 0 Å². The quantitative estimate of drug-likeness (QED) is 0.767. The van der Waals surface area contributed by atoms with E-state index in [2.05, 4.69) is 5.32 Å². The Bertz CT molecular complexity index is 417. The van der Waals surface area contributed by atoms with E-state index in [9.17, 15) is 18.0 Å². The van der Waals surface area contributed by atoms with E-state index in [-0.39, 0.29) is 24.7 Å². The fourth-order valence-electron chi connectivity index (χ4n) is 1.59. The molecule has 0 unspecified atom stereocenters. The Morgan fingerprint density at radius 1 is 1.19 bits per heavy atom. The van der Waals surface area contributed by atoms with Gasteiger partial charge in [0, 0.05) is 12.1 Å². The Morgan fingerprint density at radius 3 is 2.50 bits per heavy atom. The maximum absolute atomic E-state index is 12.3. The van der Waals surface area contributed by atoms with E-state index in [0.29, 0.717) is 17.7 Å². The summed E-state index contributed by atoms with van der Waals surface area (Å²) in [6, 6.07) is 3.22. The summed E-state index contributed by atoms with van der Waals surface area (Å²) >= 11 is 0. The molecule has 16 heavy (non-hydrogen) atoms. The highest BCUT2D eigenvalue weighted by atomic mass is 35.5. The van der Waals surface area contributed by atoms with Crippen LogP contribution in [0.25, 0.3) is 0 Å². The molecule has 1 heterocycles. The van der Waals surface area contributed by atoms with E-state index in [1.165, 1.54) is 6.07 Å². The van der Waals surface area contributed by atoms with Crippen molar-refractivity contribution in [3.05, 3.63) is 34.9 Å². The second kappa shape index (κ2) is 4.43. The molecule has 0 saturated carbocycles. The third-order valence-electron chi connectivity index (χ3n) is 2.33. The van der Waals surface area contributed by atoms with Gasteiger partial charge in [-0.1, -0.05) is 6.07 Å².